The molecule has 0 radical (unpaired) electrons. The summed E-state index contributed by atoms with van der Waals surface area (Å²) >= 11 is 0. The molecule has 0 aliphatic rings. The number of hydrogen-bond acceptors (Lipinski definition) is 3. The van der Waals surface area contributed by atoms with Gasteiger partial charge in [-0.25, -0.2) is 4.39 Å². The van der Waals surface area contributed by atoms with Gasteiger partial charge >= 0.3 is 0 Å². The van der Waals surface area contributed by atoms with Crippen molar-refractivity contribution in [2.24, 2.45) is 5.73 Å². The number of rotatable bonds is 4. The molecule has 0 heterocycles. The van der Waals surface area contributed by atoms with Gasteiger partial charge in [-0.1, -0.05) is 0 Å². The zero-order chi connectivity index (χ0) is 12.1. The monoisotopic (exact) mass is 226 g/mol. The highest BCUT2D eigenvalue weighted by Gasteiger charge is 2.12. The van der Waals surface area contributed by atoms with Crippen LogP contribution in [0.4, 0.5) is 4.39 Å². The molecule has 0 aliphatic heterocycles. The quantitative estimate of drug-likeness (QED) is 0.640. The van der Waals surface area contributed by atoms with Crippen molar-refractivity contribution in [2.75, 3.05) is 6.54 Å². The number of primary amides is 1. The summed E-state index contributed by atoms with van der Waals surface area (Å²) in [6.07, 6.45) is -1.43. The van der Waals surface area contributed by atoms with E-state index in [0.717, 1.165) is 12.1 Å². The summed E-state index contributed by atoms with van der Waals surface area (Å²) in [6.45, 7) is -0.272. The van der Waals surface area contributed by atoms with Crippen molar-refractivity contribution >= 4 is 11.8 Å². The maximum atomic E-state index is 12.5. The van der Waals surface area contributed by atoms with Crippen LogP contribution in [0.3, 0.4) is 0 Å². The molecule has 0 spiro atoms. The van der Waals surface area contributed by atoms with E-state index in [4.69, 9.17) is 10.8 Å². The maximum Gasteiger partial charge on any atom is 0.251 e. The summed E-state index contributed by atoms with van der Waals surface area (Å²) in [5, 5.41) is 11.3. The lowest BCUT2D eigenvalue weighted by atomic mass is 10.2. The molecule has 1 rings (SSSR count). The molecule has 0 saturated heterocycles. The molecule has 4 N–H and O–H groups in total. The first kappa shape index (κ1) is 12.1. The van der Waals surface area contributed by atoms with Crippen molar-refractivity contribution in [1.82, 2.24) is 5.32 Å². The Morgan fingerprint density at radius 1 is 1.38 bits per heavy atom. The number of nitrogens with two attached hydrogens (primary N) is 1. The van der Waals surface area contributed by atoms with Crippen molar-refractivity contribution in [1.29, 1.82) is 0 Å². The second-order valence-electron chi connectivity index (χ2n) is 3.14. The first-order chi connectivity index (χ1) is 7.50. The third-order valence-electron chi connectivity index (χ3n) is 1.89. The number of amides is 2. The molecule has 5 nitrogen and oxygen atoms in total. The molecule has 1 aromatic rings. The molecule has 0 aliphatic carbocycles. The number of halogens is 1. The minimum Gasteiger partial charge on any atom is -0.381 e. The number of carbonyl (C=O) groups is 2. The van der Waals surface area contributed by atoms with E-state index in [1.54, 1.807) is 0 Å². The lowest BCUT2D eigenvalue weighted by molar-refractivity contribution is -0.125. The van der Waals surface area contributed by atoms with Gasteiger partial charge in [-0.3, -0.25) is 9.59 Å². The standard InChI is InChI=1S/C10H11FN2O3/c11-7-3-1-6(2-4-7)10(16)13-5-8(14)9(12)15/h1-4,8,14H,5H2,(H2,12,15)(H,13,16). The molecular formula is C10H11FN2O3. The normalized spacial score (nSPS) is 11.9. The largest absolute Gasteiger partial charge is 0.381 e. The number of nitrogens with one attached hydrogen (secondary N) is 1. The fourth-order valence-corrected chi connectivity index (χ4v) is 0.993. The highest BCUT2D eigenvalue weighted by Crippen LogP contribution is 2.02. The minimum atomic E-state index is -1.43. The van der Waals surface area contributed by atoms with Crippen molar-refractivity contribution in [3.8, 4) is 0 Å². The molecule has 0 aromatic heterocycles. The van der Waals surface area contributed by atoms with Gasteiger partial charge in [0.2, 0.25) is 5.91 Å². The lowest BCUT2D eigenvalue weighted by Gasteiger charge is -2.08. The predicted molar refractivity (Wildman–Crippen MR) is 53.9 cm³/mol. The fourth-order valence-electron chi connectivity index (χ4n) is 0.993. The number of benzene rings is 1. The average molecular weight is 226 g/mol. The van der Waals surface area contributed by atoms with Gasteiger partial charge in [-0.05, 0) is 24.3 Å². The van der Waals surface area contributed by atoms with E-state index in [1.807, 2.05) is 0 Å². The van der Waals surface area contributed by atoms with Gasteiger partial charge in [0.1, 0.15) is 11.9 Å². The summed E-state index contributed by atoms with van der Waals surface area (Å²) in [7, 11) is 0. The fraction of sp³-hybridized carbons (Fsp3) is 0.200. The highest BCUT2D eigenvalue weighted by molar-refractivity contribution is 5.94. The van der Waals surface area contributed by atoms with E-state index >= 15 is 0 Å². The van der Waals surface area contributed by atoms with Gasteiger partial charge in [0.15, 0.2) is 0 Å². The first-order valence-electron chi connectivity index (χ1n) is 4.52. The molecule has 1 aromatic carbocycles. The Kier molecular flexibility index (Phi) is 3.96. The second kappa shape index (κ2) is 5.22. The van der Waals surface area contributed by atoms with Crippen molar-refractivity contribution < 1.29 is 19.1 Å². The molecule has 2 amide bonds. The summed E-state index contributed by atoms with van der Waals surface area (Å²) < 4.78 is 12.5. The zero-order valence-corrected chi connectivity index (χ0v) is 8.31. The third-order valence-corrected chi connectivity index (χ3v) is 1.89. The van der Waals surface area contributed by atoms with Crippen LogP contribution in [0.15, 0.2) is 24.3 Å². The molecular weight excluding hydrogens is 215 g/mol. The molecule has 1 atom stereocenters. The highest BCUT2D eigenvalue weighted by atomic mass is 19.1. The van der Waals surface area contributed by atoms with E-state index in [1.165, 1.54) is 12.1 Å². The minimum absolute atomic E-state index is 0.234. The molecule has 0 bridgehead atoms. The van der Waals surface area contributed by atoms with E-state index in [0.29, 0.717) is 0 Å². The summed E-state index contributed by atoms with van der Waals surface area (Å²) in [5.41, 5.74) is 5.03. The zero-order valence-electron chi connectivity index (χ0n) is 8.31. The van der Waals surface area contributed by atoms with Crippen molar-refractivity contribution in [2.45, 2.75) is 6.10 Å². The van der Waals surface area contributed by atoms with Gasteiger partial charge in [0, 0.05) is 5.56 Å². The van der Waals surface area contributed by atoms with Crippen LogP contribution in [0, 0.1) is 5.82 Å². The van der Waals surface area contributed by atoms with Gasteiger partial charge in [0.25, 0.3) is 5.91 Å². The molecule has 1 unspecified atom stereocenters. The Hall–Kier alpha value is -1.95. The predicted octanol–water partition coefficient (Wildman–Crippen LogP) is -0.598. The van der Waals surface area contributed by atoms with Crippen LogP contribution in [-0.4, -0.2) is 29.6 Å². The molecule has 0 fully saturated rings. The van der Waals surface area contributed by atoms with Gasteiger partial charge in [-0.2, -0.15) is 0 Å². The van der Waals surface area contributed by atoms with Gasteiger partial charge < -0.3 is 16.2 Å². The Morgan fingerprint density at radius 3 is 2.44 bits per heavy atom. The van der Waals surface area contributed by atoms with Crippen LogP contribution < -0.4 is 11.1 Å². The molecule has 0 saturated carbocycles. The average Bonchev–Trinajstić information content (AvgIpc) is 2.26. The van der Waals surface area contributed by atoms with E-state index in [2.05, 4.69) is 5.32 Å². The van der Waals surface area contributed by atoms with Gasteiger partial charge in [-0.15, -0.1) is 0 Å². The van der Waals surface area contributed by atoms with Crippen molar-refractivity contribution in [3.63, 3.8) is 0 Å². The van der Waals surface area contributed by atoms with E-state index in [9.17, 15) is 14.0 Å². The number of carbonyl (C=O) groups excluding carboxylic acids is 2. The lowest BCUT2D eigenvalue weighted by Crippen LogP contribution is -2.39. The number of aliphatic hydroxyl groups is 1. The van der Waals surface area contributed by atoms with Crippen LogP contribution >= 0.6 is 0 Å². The number of aliphatic hydroxyl groups excluding tert-OH is 1. The Bertz CT molecular complexity index is 392. The van der Waals surface area contributed by atoms with Crippen LogP contribution in [0.2, 0.25) is 0 Å². The Balaban J connectivity index is 2.53. The smallest absolute Gasteiger partial charge is 0.251 e. The Morgan fingerprint density at radius 2 is 1.94 bits per heavy atom. The topological polar surface area (TPSA) is 92.4 Å². The van der Waals surface area contributed by atoms with Crippen molar-refractivity contribution in [3.05, 3.63) is 35.6 Å². The second-order valence-corrected chi connectivity index (χ2v) is 3.14. The van der Waals surface area contributed by atoms with E-state index in [-0.39, 0.29) is 12.1 Å². The molecule has 86 valence electrons. The van der Waals surface area contributed by atoms with Gasteiger partial charge in [0.05, 0.1) is 6.54 Å². The summed E-state index contributed by atoms with van der Waals surface area (Å²) in [6, 6.07) is 4.86. The maximum absolute atomic E-state index is 12.5. The first-order valence-corrected chi connectivity index (χ1v) is 4.52. The Labute approximate surface area is 91.1 Å². The number of hydrogen-bond donors (Lipinski definition) is 3. The summed E-state index contributed by atoms with van der Waals surface area (Å²) in [5.74, 6) is -1.88. The third kappa shape index (κ3) is 3.32. The van der Waals surface area contributed by atoms with E-state index < -0.39 is 23.7 Å². The van der Waals surface area contributed by atoms with Crippen LogP contribution in [0.25, 0.3) is 0 Å². The van der Waals surface area contributed by atoms with Crippen LogP contribution in [0.5, 0.6) is 0 Å². The summed E-state index contributed by atoms with van der Waals surface area (Å²) in [4.78, 5) is 21.9. The molecule has 16 heavy (non-hydrogen) atoms. The SMILES string of the molecule is NC(=O)C(O)CNC(=O)c1ccc(F)cc1. The molecule has 6 heteroatoms. The van der Waals surface area contributed by atoms with Crippen LogP contribution in [0.1, 0.15) is 10.4 Å². The van der Waals surface area contributed by atoms with Crippen LogP contribution in [-0.2, 0) is 4.79 Å².